The lowest BCUT2D eigenvalue weighted by molar-refractivity contribution is -0.384. The van der Waals surface area contributed by atoms with Gasteiger partial charge in [0.05, 0.1) is 21.7 Å². The number of hydrogen-bond donors (Lipinski definition) is 0. The monoisotopic (exact) mass is 439 g/mol. The van der Waals surface area contributed by atoms with Crippen molar-refractivity contribution in [2.75, 3.05) is 6.61 Å². The summed E-state index contributed by atoms with van der Waals surface area (Å²) in [6.07, 6.45) is 2.71. The molecule has 0 atom stereocenters. The number of nitro benzene ring substituents is 1. The lowest BCUT2D eigenvalue weighted by Gasteiger charge is -2.06. The average molecular weight is 439 g/mol. The minimum absolute atomic E-state index is 0.0585. The van der Waals surface area contributed by atoms with Gasteiger partial charge in [-0.05, 0) is 55.7 Å². The lowest BCUT2D eigenvalue weighted by Crippen LogP contribution is -2.22. The van der Waals surface area contributed by atoms with Gasteiger partial charge in [0.15, 0.2) is 4.80 Å². The van der Waals surface area contributed by atoms with Crippen molar-refractivity contribution in [2.24, 2.45) is 4.99 Å². The number of fused-ring (bicyclic) bond motifs is 1. The van der Waals surface area contributed by atoms with E-state index in [4.69, 9.17) is 4.74 Å². The van der Waals surface area contributed by atoms with Crippen molar-refractivity contribution in [2.45, 2.75) is 27.3 Å². The lowest BCUT2D eigenvalue weighted by atomic mass is 10.1. The number of carbonyl (C=O) groups excluding carboxylic acids is 2. The molecule has 0 aliphatic rings. The van der Waals surface area contributed by atoms with E-state index >= 15 is 0 Å². The van der Waals surface area contributed by atoms with Gasteiger partial charge < -0.3 is 9.30 Å². The van der Waals surface area contributed by atoms with Crippen LogP contribution in [-0.2, 0) is 20.9 Å². The van der Waals surface area contributed by atoms with E-state index in [2.05, 4.69) is 4.99 Å². The van der Waals surface area contributed by atoms with Gasteiger partial charge in [-0.15, -0.1) is 0 Å². The van der Waals surface area contributed by atoms with Crippen molar-refractivity contribution in [3.8, 4) is 0 Å². The number of carbonyl (C=O) groups is 2. The zero-order chi connectivity index (χ0) is 22.5. The molecule has 0 fully saturated rings. The maximum absolute atomic E-state index is 12.5. The number of nitro groups is 1. The smallest absolute Gasteiger partial charge is 0.326 e. The van der Waals surface area contributed by atoms with E-state index < -0.39 is 16.8 Å². The molecule has 3 aromatic rings. The van der Waals surface area contributed by atoms with E-state index in [9.17, 15) is 19.7 Å². The molecule has 0 spiro atoms. The fraction of sp³-hybridized carbons (Fsp3) is 0.227. The van der Waals surface area contributed by atoms with Gasteiger partial charge in [-0.3, -0.25) is 19.7 Å². The number of amides is 1. The number of benzene rings is 2. The van der Waals surface area contributed by atoms with Crippen LogP contribution in [0.1, 0.15) is 23.6 Å². The Balaban J connectivity index is 1.99. The van der Waals surface area contributed by atoms with E-state index in [-0.39, 0.29) is 18.8 Å². The van der Waals surface area contributed by atoms with Crippen LogP contribution >= 0.6 is 11.3 Å². The van der Waals surface area contributed by atoms with Gasteiger partial charge in [-0.25, -0.2) is 0 Å². The molecule has 0 N–H and O–H groups in total. The minimum Gasteiger partial charge on any atom is -0.465 e. The third-order valence-electron chi connectivity index (χ3n) is 4.60. The zero-order valence-electron chi connectivity index (χ0n) is 17.3. The second kappa shape index (κ2) is 9.48. The molecule has 3 rings (SSSR count). The van der Waals surface area contributed by atoms with Gasteiger partial charge in [0.1, 0.15) is 6.54 Å². The van der Waals surface area contributed by atoms with Crippen LogP contribution in [0.25, 0.3) is 16.3 Å². The number of hydrogen-bond acceptors (Lipinski definition) is 6. The number of non-ortho nitro benzene ring substituents is 1. The molecule has 0 saturated carbocycles. The van der Waals surface area contributed by atoms with Gasteiger partial charge >= 0.3 is 5.97 Å². The van der Waals surface area contributed by atoms with E-state index in [1.807, 2.05) is 26.0 Å². The van der Waals surface area contributed by atoms with Crippen LogP contribution in [0.5, 0.6) is 0 Å². The average Bonchev–Trinajstić information content (AvgIpc) is 3.03. The fourth-order valence-electron chi connectivity index (χ4n) is 2.94. The van der Waals surface area contributed by atoms with Crippen molar-refractivity contribution >= 4 is 45.2 Å². The molecule has 0 aliphatic carbocycles. The maximum atomic E-state index is 12.5. The SMILES string of the molecule is CCOC(=O)Cn1c(=NC(=O)/C=C/c2cccc([N+](=O)[O-])c2)sc2cc(C)c(C)cc21. The van der Waals surface area contributed by atoms with Gasteiger partial charge in [0.25, 0.3) is 11.6 Å². The van der Waals surface area contributed by atoms with Crippen LogP contribution in [-0.4, -0.2) is 28.0 Å². The number of aryl methyl sites for hydroxylation is 2. The normalized spacial score (nSPS) is 11.9. The van der Waals surface area contributed by atoms with Crippen LogP contribution in [0.3, 0.4) is 0 Å². The van der Waals surface area contributed by atoms with Crippen LogP contribution in [0.4, 0.5) is 5.69 Å². The van der Waals surface area contributed by atoms with E-state index in [0.29, 0.717) is 10.4 Å². The van der Waals surface area contributed by atoms with Gasteiger partial charge in [0, 0.05) is 18.2 Å². The first-order chi connectivity index (χ1) is 14.8. The highest BCUT2D eigenvalue weighted by Gasteiger charge is 2.13. The number of ether oxygens (including phenoxy) is 1. The minimum atomic E-state index is -0.538. The summed E-state index contributed by atoms with van der Waals surface area (Å²) in [7, 11) is 0. The molecule has 9 heteroatoms. The van der Waals surface area contributed by atoms with Crippen LogP contribution < -0.4 is 4.80 Å². The van der Waals surface area contributed by atoms with Crippen LogP contribution in [0, 0.1) is 24.0 Å². The Morgan fingerprint density at radius 3 is 2.68 bits per heavy atom. The highest BCUT2D eigenvalue weighted by atomic mass is 32.1. The number of aromatic nitrogens is 1. The Kier molecular flexibility index (Phi) is 6.76. The summed E-state index contributed by atoms with van der Waals surface area (Å²) in [5, 5.41) is 10.9. The molecule has 0 unspecified atom stereocenters. The molecule has 0 radical (unpaired) electrons. The van der Waals surface area contributed by atoms with E-state index in [1.54, 1.807) is 23.6 Å². The molecule has 1 aromatic heterocycles. The Labute approximate surface area is 182 Å². The van der Waals surface area contributed by atoms with Gasteiger partial charge in [0.2, 0.25) is 0 Å². The molecule has 31 heavy (non-hydrogen) atoms. The number of thiazole rings is 1. The molecule has 0 aliphatic heterocycles. The molecule has 1 heterocycles. The molecule has 160 valence electrons. The number of esters is 1. The number of nitrogens with zero attached hydrogens (tertiary/aromatic N) is 3. The fourth-order valence-corrected chi connectivity index (χ4v) is 4.05. The summed E-state index contributed by atoms with van der Waals surface area (Å²) in [5.41, 5.74) is 3.41. The van der Waals surface area contributed by atoms with E-state index in [1.165, 1.54) is 35.6 Å². The summed E-state index contributed by atoms with van der Waals surface area (Å²) in [6.45, 7) is 5.90. The molecule has 8 nitrogen and oxygen atoms in total. The largest absolute Gasteiger partial charge is 0.465 e. The van der Waals surface area contributed by atoms with Crippen molar-refractivity contribution in [1.29, 1.82) is 0 Å². The maximum Gasteiger partial charge on any atom is 0.326 e. The second-order valence-electron chi connectivity index (χ2n) is 6.82. The van der Waals surface area contributed by atoms with E-state index in [0.717, 1.165) is 21.3 Å². The topological polar surface area (TPSA) is 104 Å². The van der Waals surface area contributed by atoms with Gasteiger partial charge in [-0.2, -0.15) is 4.99 Å². The highest BCUT2D eigenvalue weighted by Crippen LogP contribution is 2.22. The van der Waals surface area contributed by atoms with Crippen LogP contribution in [0.2, 0.25) is 0 Å². The Morgan fingerprint density at radius 2 is 1.97 bits per heavy atom. The molecular weight excluding hydrogens is 418 g/mol. The first-order valence-electron chi connectivity index (χ1n) is 9.56. The first-order valence-corrected chi connectivity index (χ1v) is 10.4. The third-order valence-corrected chi connectivity index (χ3v) is 5.64. The summed E-state index contributed by atoms with van der Waals surface area (Å²) >= 11 is 1.31. The summed E-state index contributed by atoms with van der Waals surface area (Å²) in [6, 6.07) is 9.91. The Hall–Kier alpha value is -3.59. The van der Waals surface area contributed by atoms with Crippen molar-refractivity contribution in [1.82, 2.24) is 4.57 Å². The Morgan fingerprint density at radius 1 is 1.23 bits per heavy atom. The Bertz CT molecular complexity index is 1270. The summed E-state index contributed by atoms with van der Waals surface area (Å²) in [4.78, 5) is 39.5. The molecule has 2 aromatic carbocycles. The van der Waals surface area contributed by atoms with Crippen molar-refractivity contribution in [3.05, 3.63) is 74.1 Å². The summed E-state index contributed by atoms with van der Waals surface area (Å²) in [5.74, 6) is -0.953. The zero-order valence-corrected chi connectivity index (χ0v) is 18.1. The number of rotatable bonds is 6. The highest BCUT2D eigenvalue weighted by molar-refractivity contribution is 7.16. The van der Waals surface area contributed by atoms with Crippen molar-refractivity contribution in [3.63, 3.8) is 0 Å². The first kappa shape index (κ1) is 22.1. The predicted octanol–water partition coefficient (Wildman–Crippen LogP) is 3.93. The summed E-state index contributed by atoms with van der Waals surface area (Å²) < 4.78 is 7.64. The molecule has 1 amide bonds. The molecule has 0 bridgehead atoms. The third kappa shape index (κ3) is 5.32. The van der Waals surface area contributed by atoms with Crippen molar-refractivity contribution < 1.29 is 19.2 Å². The molecule has 0 saturated heterocycles. The predicted molar refractivity (Wildman–Crippen MR) is 119 cm³/mol. The quantitative estimate of drug-likeness (QED) is 0.250. The molecular formula is C22H21N3O5S. The van der Waals surface area contributed by atoms with Crippen LogP contribution in [0.15, 0.2) is 47.5 Å². The van der Waals surface area contributed by atoms with Gasteiger partial charge in [-0.1, -0.05) is 23.5 Å². The standard InChI is InChI=1S/C22H21N3O5S/c1-4-30-21(27)13-24-18-10-14(2)15(3)11-19(18)31-22(24)23-20(26)9-8-16-6-5-7-17(12-16)25(28)29/h5-12H,4,13H2,1-3H3/b9-8+,23-22?. The second-order valence-corrected chi connectivity index (χ2v) is 7.82.